The van der Waals surface area contributed by atoms with E-state index in [1.807, 2.05) is 19.1 Å². The fraction of sp³-hybridized carbons (Fsp3) is 0.385. The minimum atomic E-state index is -0.848. The van der Waals surface area contributed by atoms with Crippen LogP contribution in [0.2, 0.25) is 0 Å². The molecule has 5 nitrogen and oxygen atoms in total. The number of carboxylic acids is 1. The van der Waals surface area contributed by atoms with Crippen molar-refractivity contribution in [3.05, 3.63) is 35.4 Å². The molecule has 0 aliphatic heterocycles. The Bertz CT molecular complexity index is 415. The van der Waals surface area contributed by atoms with Gasteiger partial charge in [0.05, 0.1) is 0 Å². The molecular weight excluding hydrogens is 232 g/mol. The molecule has 98 valence electrons. The van der Waals surface area contributed by atoms with Gasteiger partial charge in [-0.25, -0.2) is 0 Å². The van der Waals surface area contributed by atoms with Gasteiger partial charge in [0.25, 0.3) is 5.91 Å². The number of carbonyl (C=O) groups is 2. The van der Waals surface area contributed by atoms with Gasteiger partial charge < -0.3 is 15.7 Å². The summed E-state index contributed by atoms with van der Waals surface area (Å²) in [6.45, 7) is 2.29. The van der Waals surface area contributed by atoms with E-state index in [-0.39, 0.29) is 5.91 Å². The van der Waals surface area contributed by atoms with Crippen molar-refractivity contribution in [2.24, 2.45) is 0 Å². The first kappa shape index (κ1) is 14.2. The van der Waals surface area contributed by atoms with E-state index in [4.69, 9.17) is 5.11 Å². The van der Waals surface area contributed by atoms with Gasteiger partial charge in [-0.3, -0.25) is 9.59 Å². The van der Waals surface area contributed by atoms with Gasteiger partial charge in [0.15, 0.2) is 0 Å². The van der Waals surface area contributed by atoms with E-state index in [1.54, 1.807) is 19.2 Å². The number of hydrogen-bond donors (Lipinski definition) is 3. The Morgan fingerprint density at radius 3 is 2.33 bits per heavy atom. The highest BCUT2D eigenvalue weighted by atomic mass is 16.4. The molecule has 1 rings (SSSR count). The average Bonchev–Trinajstić information content (AvgIpc) is 2.39. The van der Waals surface area contributed by atoms with Gasteiger partial charge in [0, 0.05) is 19.2 Å². The molecule has 0 heterocycles. The largest absolute Gasteiger partial charge is 0.480 e. The van der Waals surface area contributed by atoms with Crippen molar-refractivity contribution in [3.8, 4) is 0 Å². The zero-order chi connectivity index (χ0) is 13.5. The van der Waals surface area contributed by atoms with Crippen molar-refractivity contribution in [1.29, 1.82) is 0 Å². The zero-order valence-corrected chi connectivity index (χ0v) is 10.6. The van der Waals surface area contributed by atoms with Gasteiger partial charge in [0.1, 0.15) is 6.04 Å². The summed E-state index contributed by atoms with van der Waals surface area (Å²) in [6.07, 6.45) is 0.533. The smallest absolute Gasteiger partial charge is 0.320 e. The minimum Gasteiger partial charge on any atom is -0.480 e. The van der Waals surface area contributed by atoms with Crippen molar-refractivity contribution < 1.29 is 14.7 Å². The molecule has 0 bridgehead atoms. The number of benzene rings is 1. The van der Waals surface area contributed by atoms with Crippen LogP contribution in [0.1, 0.15) is 29.3 Å². The lowest BCUT2D eigenvalue weighted by Gasteiger charge is -2.12. The molecule has 0 saturated heterocycles. The number of carboxylic acid groups (broad SMARTS) is 1. The third-order valence-corrected chi connectivity index (χ3v) is 2.70. The molecule has 1 aromatic carbocycles. The number of rotatable bonds is 6. The molecule has 0 spiro atoms. The predicted molar refractivity (Wildman–Crippen MR) is 68.4 cm³/mol. The standard InChI is InChI=1S/C13H18N2O3/c1-3-11(13(17)18)15-8-9-4-6-10(7-5-9)12(16)14-2/h4-7,11,15H,3,8H2,1-2H3,(H,14,16)(H,17,18). The van der Waals surface area contributed by atoms with E-state index in [2.05, 4.69) is 10.6 Å². The molecule has 0 aliphatic rings. The second kappa shape index (κ2) is 6.76. The highest BCUT2D eigenvalue weighted by Crippen LogP contribution is 2.05. The molecule has 3 N–H and O–H groups in total. The first-order valence-corrected chi connectivity index (χ1v) is 5.85. The third kappa shape index (κ3) is 3.85. The summed E-state index contributed by atoms with van der Waals surface area (Å²) in [5, 5.41) is 14.4. The summed E-state index contributed by atoms with van der Waals surface area (Å²) in [4.78, 5) is 22.1. The maximum atomic E-state index is 11.3. The average molecular weight is 250 g/mol. The van der Waals surface area contributed by atoms with E-state index in [1.165, 1.54) is 0 Å². The summed E-state index contributed by atoms with van der Waals surface area (Å²) in [5.41, 5.74) is 1.54. The molecule has 0 aromatic heterocycles. The Kier molecular flexibility index (Phi) is 5.32. The molecule has 1 amide bonds. The Morgan fingerprint density at radius 2 is 1.89 bits per heavy atom. The minimum absolute atomic E-state index is 0.133. The van der Waals surface area contributed by atoms with Crippen LogP contribution in [0.15, 0.2) is 24.3 Å². The van der Waals surface area contributed by atoms with E-state index < -0.39 is 12.0 Å². The molecule has 1 unspecified atom stereocenters. The molecule has 1 atom stereocenters. The van der Waals surface area contributed by atoms with Crippen LogP contribution in [0.25, 0.3) is 0 Å². The summed E-state index contributed by atoms with van der Waals surface area (Å²) in [6, 6.07) is 6.52. The molecule has 1 aromatic rings. The monoisotopic (exact) mass is 250 g/mol. The van der Waals surface area contributed by atoms with Gasteiger partial charge in [-0.1, -0.05) is 19.1 Å². The highest BCUT2D eigenvalue weighted by molar-refractivity contribution is 5.93. The Hall–Kier alpha value is -1.88. The fourth-order valence-corrected chi connectivity index (χ4v) is 1.57. The van der Waals surface area contributed by atoms with E-state index in [0.29, 0.717) is 18.5 Å². The summed E-state index contributed by atoms with van der Waals surface area (Å²) in [5.74, 6) is -0.981. The van der Waals surface area contributed by atoms with Crippen molar-refractivity contribution in [2.75, 3.05) is 7.05 Å². The maximum Gasteiger partial charge on any atom is 0.320 e. The summed E-state index contributed by atoms with van der Waals surface area (Å²) >= 11 is 0. The molecule has 0 radical (unpaired) electrons. The second-order valence-corrected chi connectivity index (χ2v) is 3.96. The van der Waals surface area contributed by atoms with Crippen LogP contribution in [0.3, 0.4) is 0 Å². The predicted octanol–water partition coefficient (Wildman–Crippen LogP) is 0.999. The van der Waals surface area contributed by atoms with Crippen LogP contribution < -0.4 is 10.6 Å². The van der Waals surface area contributed by atoms with Crippen LogP contribution in [-0.2, 0) is 11.3 Å². The van der Waals surface area contributed by atoms with Crippen molar-refractivity contribution in [2.45, 2.75) is 25.9 Å². The lowest BCUT2D eigenvalue weighted by molar-refractivity contribution is -0.139. The molecule has 0 aliphatic carbocycles. The maximum absolute atomic E-state index is 11.3. The van der Waals surface area contributed by atoms with Gasteiger partial charge in [-0.15, -0.1) is 0 Å². The number of hydrogen-bond acceptors (Lipinski definition) is 3. The third-order valence-electron chi connectivity index (χ3n) is 2.70. The van der Waals surface area contributed by atoms with Crippen molar-refractivity contribution >= 4 is 11.9 Å². The van der Waals surface area contributed by atoms with E-state index in [0.717, 1.165) is 5.56 Å². The molecule has 5 heteroatoms. The molecular formula is C13H18N2O3. The second-order valence-electron chi connectivity index (χ2n) is 3.96. The van der Waals surface area contributed by atoms with Crippen LogP contribution in [-0.4, -0.2) is 30.1 Å². The topological polar surface area (TPSA) is 78.4 Å². The number of carbonyl (C=O) groups excluding carboxylic acids is 1. The summed E-state index contributed by atoms with van der Waals surface area (Å²) < 4.78 is 0. The van der Waals surface area contributed by atoms with Crippen LogP contribution in [0.4, 0.5) is 0 Å². The highest BCUT2D eigenvalue weighted by Gasteiger charge is 2.13. The molecule has 18 heavy (non-hydrogen) atoms. The first-order chi connectivity index (χ1) is 8.58. The normalized spacial score (nSPS) is 11.9. The van der Waals surface area contributed by atoms with Gasteiger partial charge in [0.2, 0.25) is 0 Å². The van der Waals surface area contributed by atoms with Crippen molar-refractivity contribution in [1.82, 2.24) is 10.6 Å². The lowest BCUT2D eigenvalue weighted by atomic mass is 10.1. The van der Waals surface area contributed by atoms with Gasteiger partial charge in [-0.05, 0) is 24.1 Å². The first-order valence-electron chi connectivity index (χ1n) is 5.85. The Labute approximate surface area is 106 Å². The zero-order valence-electron chi connectivity index (χ0n) is 10.6. The van der Waals surface area contributed by atoms with E-state index in [9.17, 15) is 9.59 Å². The molecule has 0 fully saturated rings. The number of nitrogens with one attached hydrogen (secondary N) is 2. The van der Waals surface area contributed by atoms with E-state index >= 15 is 0 Å². The summed E-state index contributed by atoms with van der Waals surface area (Å²) in [7, 11) is 1.58. The number of amides is 1. The quantitative estimate of drug-likeness (QED) is 0.703. The van der Waals surface area contributed by atoms with Gasteiger partial charge in [-0.2, -0.15) is 0 Å². The van der Waals surface area contributed by atoms with Crippen LogP contribution in [0.5, 0.6) is 0 Å². The number of aliphatic carboxylic acids is 1. The van der Waals surface area contributed by atoms with Gasteiger partial charge >= 0.3 is 5.97 Å². The van der Waals surface area contributed by atoms with Crippen molar-refractivity contribution in [3.63, 3.8) is 0 Å². The van der Waals surface area contributed by atoms with Crippen LogP contribution in [0, 0.1) is 0 Å². The fourth-order valence-electron chi connectivity index (χ4n) is 1.57. The SMILES string of the molecule is CCC(NCc1ccc(C(=O)NC)cc1)C(=O)O. The van der Waals surface area contributed by atoms with Crippen LogP contribution >= 0.6 is 0 Å². The molecule has 0 saturated carbocycles. The Morgan fingerprint density at radius 1 is 1.28 bits per heavy atom. The lowest BCUT2D eigenvalue weighted by Crippen LogP contribution is -2.35. The Balaban J connectivity index is 2.58.